The molecule has 0 aliphatic carbocycles. The van der Waals surface area contributed by atoms with Gasteiger partial charge >= 0.3 is 0 Å². The summed E-state index contributed by atoms with van der Waals surface area (Å²) in [6, 6.07) is 8.20. The van der Waals surface area contributed by atoms with Crippen LogP contribution < -0.4 is 4.74 Å². The zero-order valence-corrected chi connectivity index (χ0v) is 16.6. The normalized spacial score (nSPS) is 17.8. The van der Waals surface area contributed by atoms with Crippen LogP contribution in [0.5, 0.6) is 5.75 Å². The highest BCUT2D eigenvalue weighted by molar-refractivity contribution is 6.04. The van der Waals surface area contributed by atoms with E-state index >= 15 is 0 Å². The Morgan fingerprint density at radius 2 is 2.17 bits per heavy atom. The maximum atomic E-state index is 5.87. The van der Waals surface area contributed by atoms with Gasteiger partial charge in [0.05, 0.1) is 11.4 Å². The maximum Gasteiger partial charge on any atom is 0.185 e. The number of ether oxygens (including phenoxy) is 1. The summed E-state index contributed by atoms with van der Waals surface area (Å²) in [7, 11) is 2.14. The number of hydrogen-bond donors (Lipinski definition) is 0. The summed E-state index contributed by atoms with van der Waals surface area (Å²) in [6.45, 7) is 3.95. The van der Waals surface area contributed by atoms with E-state index in [9.17, 15) is 0 Å². The Bertz CT molecular complexity index is 1110. The highest BCUT2D eigenvalue weighted by atomic mass is 16.5. The van der Waals surface area contributed by atoms with E-state index in [1.807, 2.05) is 43.5 Å². The molecule has 0 unspecified atom stereocenters. The highest BCUT2D eigenvalue weighted by Crippen LogP contribution is 2.31. The first-order valence-corrected chi connectivity index (χ1v) is 9.63. The van der Waals surface area contributed by atoms with Gasteiger partial charge in [0.25, 0.3) is 0 Å². The molecule has 3 heterocycles. The van der Waals surface area contributed by atoms with Crippen molar-refractivity contribution >= 4 is 19.0 Å². The first-order valence-electron chi connectivity index (χ1n) is 9.63. The van der Waals surface area contributed by atoms with E-state index in [1.165, 1.54) is 0 Å². The number of rotatable bonds is 5. The topological polar surface area (TPSA) is 56.1 Å². The Labute approximate surface area is 171 Å². The molecule has 0 spiro atoms. The molecule has 1 aliphatic rings. The molecule has 2 aromatic heterocycles. The van der Waals surface area contributed by atoms with Crippen molar-refractivity contribution in [2.45, 2.75) is 19.4 Å². The summed E-state index contributed by atoms with van der Waals surface area (Å²) >= 11 is 0. The first-order chi connectivity index (χ1) is 14.2. The van der Waals surface area contributed by atoms with Gasteiger partial charge in [0.1, 0.15) is 23.5 Å². The van der Waals surface area contributed by atoms with Gasteiger partial charge in [0.15, 0.2) is 13.6 Å². The number of nitrogens with zero attached hydrogens (tertiary/aromatic N) is 5. The average Bonchev–Trinajstić information content (AvgIpc) is 3.35. The molecular weight excluding hydrogens is 361 g/mol. The largest absolute Gasteiger partial charge is 0.458 e. The van der Waals surface area contributed by atoms with Crippen LogP contribution in [0.15, 0.2) is 60.8 Å². The number of fused-ring (bicyclic) bond motifs is 1. The van der Waals surface area contributed by atoms with Crippen molar-refractivity contribution < 1.29 is 4.74 Å². The lowest BCUT2D eigenvalue weighted by Gasteiger charge is -2.11. The third kappa shape index (κ3) is 3.93. The van der Waals surface area contributed by atoms with Gasteiger partial charge < -0.3 is 9.55 Å². The van der Waals surface area contributed by atoms with Crippen molar-refractivity contribution in [3.63, 3.8) is 0 Å². The SMILES string of the molecule is BN1CC[C@H](n2nc(-c3ccc(OC(/C=C\C#C)=C/C)cc3)c3cncnc32)C1. The molecule has 0 N–H and O–H groups in total. The van der Waals surface area contributed by atoms with Crippen molar-refractivity contribution in [3.8, 4) is 29.4 Å². The Balaban J connectivity index is 1.65. The standard InChI is InChI=1S/C22H22BN5O/c1-3-5-6-18(4-2)29-19-9-7-16(8-10-19)21-20-13-24-15-25-22(20)28(26-21)17-11-12-27(23)14-17/h1,4-10,13,15,17H,11-12,14,23H2,2H3/b6-5-,18-4+/t17-/m0/s1. The number of benzene rings is 1. The predicted octanol–water partition coefficient (Wildman–Crippen LogP) is 2.76. The first kappa shape index (κ1) is 19.0. The Morgan fingerprint density at radius 3 is 2.86 bits per heavy atom. The molecule has 29 heavy (non-hydrogen) atoms. The minimum atomic E-state index is 0.328. The van der Waals surface area contributed by atoms with E-state index in [4.69, 9.17) is 16.3 Å². The minimum Gasteiger partial charge on any atom is -0.458 e. The van der Waals surface area contributed by atoms with Crippen molar-refractivity contribution in [1.29, 1.82) is 0 Å². The van der Waals surface area contributed by atoms with E-state index in [-0.39, 0.29) is 0 Å². The summed E-state index contributed by atoms with van der Waals surface area (Å²) in [4.78, 5) is 11.0. The molecule has 0 radical (unpaired) electrons. The van der Waals surface area contributed by atoms with Crippen LogP contribution in [0.3, 0.4) is 0 Å². The van der Waals surface area contributed by atoms with Crippen LogP contribution in [-0.4, -0.2) is 45.6 Å². The predicted molar refractivity (Wildman–Crippen MR) is 117 cm³/mol. The van der Waals surface area contributed by atoms with E-state index < -0.39 is 0 Å². The number of hydrogen-bond acceptors (Lipinski definition) is 5. The summed E-state index contributed by atoms with van der Waals surface area (Å²) in [5, 5.41) is 5.89. The van der Waals surface area contributed by atoms with Gasteiger partial charge in [0, 0.05) is 18.3 Å². The molecule has 1 aliphatic heterocycles. The fourth-order valence-corrected chi connectivity index (χ4v) is 3.60. The molecule has 0 saturated carbocycles. The smallest absolute Gasteiger partial charge is 0.185 e. The second-order valence-corrected chi connectivity index (χ2v) is 7.08. The van der Waals surface area contributed by atoms with E-state index in [0.717, 1.165) is 47.6 Å². The van der Waals surface area contributed by atoms with Crippen LogP contribution in [0.4, 0.5) is 0 Å². The molecule has 6 nitrogen and oxygen atoms in total. The highest BCUT2D eigenvalue weighted by Gasteiger charge is 2.25. The molecule has 0 amide bonds. The fraction of sp³-hybridized carbons (Fsp3) is 0.227. The molecule has 0 bridgehead atoms. The molecule has 1 saturated heterocycles. The molecule has 3 aromatic rings. The average molecular weight is 383 g/mol. The van der Waals surface area contributed by atoms with Crippen molar-refractivity contribution in [1.82, 2.24) is 24.6 Å². The second-order valence-electron chi connectivity index (χ2n) is 7.08. The molecule has 1 atom stereocenters. The lowest BCUT2D eigenvalue weighted by atomic mass is 10.1. The third-order valence-electron chi connectivity index (χ3n) is 5.08. The van der Waals surface area contributed by atoms with Crippen LogP contribution >= 0.6 is 0 Å². The Morgan fingerprint density at radius 1 is 1.34 bits per heavy atom. The Kier molecular flexibility index (Phi) is 5.45. The van der Waals surface area contributed by atoms with Crippen LogP contribution in [0, 0.1) is 12.3 Å². The quantitative estimate of drug-likeness (QED) is 0.294. The number of terminal acetylenes is 1. The van der Waals surface area contributed by atoms with Crippen LogP contribution in [0.25, 0.3) is 22.3 Å². The lowest BCUT2D eigenvalue weighted by molar-refractivity contribution is 0.443. The van der Waals surface area contributed by atoms with Crippen LogP contribution in [-0.2, 0) is 0 Å². The zero-order valence-electron chi connectivity index (χ0n) is 16.6. The number of aromatic nitrogens is 4. The third-order valence-corrected chi connectivity index (χ3v) is 5.08. The van der Waals surface area contributed by atoms with Gasteiger partial charge in [-0.3, -0.25) is 0 Å². The van der Waals surface area contributed by atoms with Crippen molar-refractivity contribution in [3.05, 3.63) is 60.8 Å². The molecule has 1 aromatic carbocycles. The lowest BCUT2D eigenvalue weighted by Crippen LogP contribution is -2.18. The molecular formula is C22H22BN5O. The van der Waals surface area contributed by atoms with E-state index in [0.29, 0.717) is 11.8 Å². The summed E-state index contributed by atoms with van der Waals surface area (Å²) in [5.41, 5.74) is 2.77. The van der Waals surface area contributed by atoms with Gasteiger partial charge in [-0.05, 0) is 62.4 Å². The number of allylic oxidation sites excluding steroid dienone is 3. The van der Waals surface area contributed by atoms with E-state index in [2.05, 4.69) is 33.4 Å². The second kappa shape index (κ2) is 8.33. The zero-order chi connectivity index (χ0) is 20.2. The van der Waals surface area contributed by atoms with Crippen LogP contribution in [0.1, 0.15) is 19.4 Å². The summed E-state index contributed by atoms with van der Waals surface area (Å²) < 4.78 is 7.92. The van der Waals surface area contributed by atoms with Gasteiger partial charge in [0.2, 0.25) is 0 Å². The maximum absolute atomic E-state index is 5.87. The van der Waals surface area contributed by atoms with Crippen LogP contribution in [0.2, 0.25) is 0 Å². The molecule has 1 fully saturated rings. The van der Waals surface area contributed by atoms with Crippen molar-refractivity contribution in [2.75, 3.05) is 13.1 Å². The fourth-order valence-electron chi connectivity index (χ4n) is 3.60. The molecule has 4 rings (SSSR count). The van der Waals surface area contributed by atoms with Gasteiger partial charge in [-0.15, -0.1) is 6.42 Å². The van der Waals surface area contributed by atoms with E-state index in [1.54, 1.807) is 18.5 Å². The monoisotopic (exact) mass is 383 g/mol. The van der Waals surface area contributed by atoms with Crippen molar-refractivity contribution in [2.24, 2.45) is 0 Å². The molecule has 7 heteroatoms. The summed E-state index contributed by atoms with van der Waals surface area (Å²) in [6.07, 6.45) is 15.0. The van der Waals surface area contributed by atoms with Gasteiger partial charge in [-0.2, -0.15) is 5.10 Å². The van der Waals surface area contributed by atoms with Gasteiger partial charge in [-0.25, -0.2) is 14.6 Å². The molecule has 144 valence electrons. The van der Waals surface area contributed by atoms with Gasteiger partial charge in [-0.1, -0.05) is 5.92 Å². The minimum absolute atomic E-state index is 0.328. The summed E-state index contributed by atoms with van der Waals surface area (Å²) in [5.74, 6) is 3.90. The Hall–Kier alpha value is -3.37.